The van der Waals surface area contributed by atoms with Crippen molar-refractivity contribution in [3.05, 3.63) is 46.7 Å². The van der Waals surface area contributed by atoms with Crippen LogP contribution in [0.15, 0.2) is 46.0 Å². The lowest BCUT2D eigenvalue weighted by Gasteiger charge is -2.05. The number of hydrogen-bond donors (Lipinski definition) is 2. The molecule has 8 heteroatoms. The Hall–Kier alpha value is -1.22. The standard InChI is InChI=1S/C12H14BrN3O3S/c13-11-3-1-2-10(6-11)7-15-20(18,19)12-8-14-16(9-12)4-5-17/h1-3,6,8-9,15,17H,4-5,7H2. The molecule has 0 aliphatic rings. The van der Waals surface area contributed by atoms with Crippen molar-refractivity contribution in [3.8, 4) is 0 Å². The summed E-state index contributed by atoms with van der Waals surface area (Å²) in [6, 6.07) is 7.39. The summed E-state index contributed by atoms with van der Waals surface area (Å²) in [5.74, 6) is 0. The van der Waals surface area contributed by atoms with Crippen LogP contribution in [-0.2, 0) is 23.1 Å². The molecule has 0 aliphatic heterocycles. The average Bonchev–Trinajstić information content (AvgIpc) is 2.87. The number of aliphatic hydroxyl groups is 1. The van der Waals surface area contributed by atoms with Crippen LogP contribution in [0, 0.1) is 0 Å². The Morgan fingerprint density at radius 1 is 1.40 bits per heavy atom. The van der Waals surface area contributed by atoms with Crippen molar-refractivity contribution >= 4 is 26.0 Å². The summed E-state index contributed by atoms with van der Waals surface area (Å²) in [6.07, 6.45) is 2.65. The molecule has 0 saturated heterocycles. The molecule has 0 atom stereocenters. The first-order valence-electron chi connectivity index (χ1n) is 5.89. The number of halogens is 1. The third-order valence-corrected chi connectivity index (χ3v) is 4.45. The van der Waals surface area contributed by atoms with Crippen LogP contribution in [0.4, 0.5) is 0 Å². The van der Waals surface area contributed by atoms with Crippen LogP contribution in [0.1, 0.15) is 5.56 Å². The molecule has 108 valence electrons. The third-order valence-electron chi connectivity index (χ3n) is 2.60. The van der Waals surface area contributed by atoms with E-state index in [0.29, 0.717) is 0 Å². The summed E-state index contributed by atoms with van der Waals surface area (Å²) in [4.78, 5) is 0.0842. The molecule has 0 radical (unpaired) electrons. The Labute approximate surface area is 125 Å². The summed E-state index contributed by atoms with van der Waals surface area (Å²) in [6.45, 7) is 0.376. The molecule has 0 unspecified atom stereocenters. The molecule has 0 spiro atoms. The molecule has 2 aromatic rings. The summed E-state index contributed by atoms with van der Waals surface area (Å²) in [5.41, 5.74) is 0.853. The van der Waals surface area contributed by atoms with Gasteiger partial charge in [-0.3, -0.25) is 4.68 Å². The highest BCUT2D eigenvalue weighted by Crippen LogP contribution is 2.13. The van der Waals surface area contributed by atoms with E-state index < -0.39 is 10.0 Å². The van der Waals surface area contributed by atoms with Gasteiger partial charge in [0.05, 0.1) is 19.3 Å². The van der Waals surface area contributed by atoms with Crippen LogP contribution in [0.2, 0.25) is 0 Å². The van der Waals surface area contributed by atoms with Crippen molar-refractivity contribution in [1.29, 1.82) is 0 Å². The number of rotatable bonds is 6. The molecule has 0 saturated carbocycles. The molecular formula is C12H14BrN3O3S. The number of aromatic nitrogens is 2. The summed E-state index contributed by atoms with van der Waals surface area (Å²) in [7, 11) is -3.60. The first-order chi connectivity index (χ1) is 9.51. The van der Waals surface area contributed by atoms with E-state index in [0.717, 1.165) is 10.0 Å². The van der Waals surface area contributed by atoms with E-state index >= 15 is 0 Å². The van der Waals surface area contributed by atoms with Gasteiger partial charge >= 0.3 is 0 Å². The van der Waals surface area contributed by atoms with Crippen molar-refractivity contribution in [2.24, 2.45) is 0 Å². The Morgan fingerprint density at radius 3 is 2.90 bits per heavy atom. The molecule has 0 amide bonds. The van der Waals surface area contributed by atoms with E-state index in [-0.39, 0.29) is 24.6 Å². The second kappa shape index (κ2) is 6.49. The minimum Gasteiger partial charge on any atom is -0.394 e. The predicted octanol–water partition coefficient (Wildman–Crippen LogP) is 1.12. The first-order valence-corrected chi connectivity index (χ1v) is 8.16. The highest BCUT2D eigenvalue weighted by Gasteiger charge is 2.16. The van der Waals surface area contributed by atoms with E-state index in [2.05, 4.69) is 25.8 Å². The van der Waals surface area contributed by atoms with Gasteiger partial charge in [0.2, 0.25) is 10.0 Å². The zero-order chi connectivity index (χ0) is 14.6. The van der Waals surface area contributed by atoms with E-state index in [9.17, 15) is 8.42 Å². The Morgan fingerprint density at radius 2 is 2.20 bits per heavy atom. The molecule has 0 aliphatic carbocycles. The van der Waals surface area contributed by atoms with Crippen LogP contribution in [0.3, 0.4) is 0 Å². The lowest BCUT2D eigenvalue weighted by molar-refractivity contribution is 0.269. The molecule has 1 aromatic carbocycles. The van der Waals surface area contributed by atoms with Gasteiger partial charge in [-0.05, 0) is 17.7 Å². The van der Waals surface area contributed by atoms with Gasteiger partial charge in [-0.2, -0.15) is 5.10 Å². The van der Waals surface area contributed by atoms with E-state index in [1.165, 1.54) is 17.1 Å². The molecule has 20 heavy (non-hydrogen) atoms. The minimum absolute atomic E-state index is 0.0842. The molecule has 1 aromatic heterocycles. The molecule has 1 heterocycles. The average molecular weight is 360 g/mol. The molecule has 6 nitrogen and oxygen atoms in total. The highest BCUT2D eigenvalue weighted by molar-refractivity contribution is 9.10. The van der Waals surface area contributed by atoms with Gasteiger partial charge in [-0.25, -0.2) is 13.1 Å². The Kier molecular flexibility index (Phi) is 4.92. The normalized spacial score (nSPS) is 11.7. The lowest BCUT2D eigenvalue weighted by atomic mass is 10.2. The second-order valence-corrected chi connectivity index (χ2v) is 6.80. The van der Waals surface area contributed by atoms with Crippen molar-refractivity contribution < 1.29 is 13.5 Å². The van der Waals surface area contributed by atoms with E-state index in [4.69, 9.17) is 5.11 Å². The topological polar surface area (TPSA) is 84.2 Å². The molecule has 2 rings (SSSR count). The maximum Gasteiger partial charge on any atom is 0.243 e. The van der Waals surface area contributed by atoms with E-state index in [1.807, 2.05) is 24.3 Å². The molecule has 2 N–H and O–H groups in total. The summed E-state index contributed by atoms with van der Waals surface area (Å²) >= 11 is 3.33. The third kappa shape index (κ3) is 3.89. The van der Waals surface area contributed by atoms with Crippen molar-refractivity contribution in [1.82, 2.24) is 14.5 Å². The molecule has 0 fully saturated rings. The van der Waals surface area contributed by atoms with Gasteiger partial charge in [0.1, 0.15) is 4.90 Å². The van der Waals surface area contributed by atoms with Crippen LogP contribution >= 0.6 is 15.9 Å². The molecular weight excluding hydrogens is 346 g/mol. The van der Waals surface area contributed by atoms with Gasteiger partial charge in [-0.15, -0.1) is 0 Å². The lowest BCUT2D eigenvalue weighted by Crippen LogP contribution is -2.22. The van der Waals surface area contributed by atoms with E-state index in [1.54, 1.807) is 0 Å². The predicted molar refractivity (Wildman–Crippen MR) is 77.5 cm³/mol. The highest BCUT2D eigenvalue weighted by atomic mass is 79.9. The van der Waals surface area contributed by atoms with Crippen molar-refractivity contribution in [2.75, 3.05) is 6.61 Å². The van der Waals surface area contributed by atoms with Gasteiger partial charge in [0, 0.05) is 17.2 Å². The maximum absolute atomic E-state index is 12.1. The Bertz CT molecular complexity index is 685. The van der Waals surface area contributed by atoms with Crippen LogP contribution < -0.4 is 4.72 Å². The number of sulfonamides is 1. The number of aliphatic hydroxyl groups excluding tert-OH is 1. The number of benzene rings is 1. The summed E-state index contributed by atoms with van der Waals surface area (Å²) in [5, 5.41) is 12.7. The smallest absolute Gasteiger partial charge is 0.243 e. The first kappa shape index (κ1) is 15.2. The maximum atomic E-state index is 12.1. The number of hydrogen-bond acceptors (Lipinski definition) is 4. The fourth-order valence-electron chi connectivity index (χ4n) is 1.62. The number of nitrogens with one attached hydrogen (secondary N) is 1. The fourth-order valence-corrected chi connectivity index (χ4v) is 3.03. The zero-order valence-corrected chi connectivity index (χ0v) is 12.9. The quantitative estimate of drug-likeness (QED) is 0.809. The van der Waals surface area contributed by atoms with Gasteiger partial charge < -0.3 is 5.11 Å². The zero-order valence-electron chi connectivity index (χ0n) is 10.5. The fraction of sp³-hybridized carbons (Fsp3) is 0.250. The van der Waals surface area contributed by atoms with Gasteiger partial charge in [0.25, 0.3) is 0 Å². The van der Waals surface area contributed by atoms with Crippen LogP contribution in [-0.4, -0.2) is 29.9 Å². The van der Waals surface area contributed by atoms with Gasteiger partial charge in [0.15, 0.2) is 0 Å². The van der Waals surface area contributed by atoms with Crippen molar-refractivity contribution in [3.63, 3.8) is 0 Å². The summed E-state index contributed by atoms with van der Waals surface area (Å²) < 4.78 is 28.9. The van der Waals surface area contributed by atoms with Crippen molar-refractivity contribution in [2.45, 2.75) is 18.0 Å². The minimum atomic E-state index is -3.60. The Balaban J connectivity index is 2.06. The monoisotopic (exact) mass is 359 g/mol. The SMILES string of the molecule is O=S(=O)(NCc1cccc(Br)c1)c1cnn(CCO)c1. The largest absolute Gasteiger partial charge is 0.394 e. The second-order valence-electron chi connectivity index (χ2n) is 4.12. The van der Waals surface area contributed by atoms with Crippen LogP contribution in [0.5, 0.6) is 0 Å². The number of nitrogens with zero attached hydrogens (tertiary/aromatic N) is 2. The van der Waals surface area contributed by atoms with Crippen LogP contribution in [0.25, 0.3) is 0 Å². The molecule has 0 bridgehead atoms. The van der Waals surface area contributed by atoms with Gasteiger partial charge in [-0.1, -0.05) is 28.1 Å².